The summed E-state index contributed by atoms with van der Waals surface area (Å²) in [5.41, 5.74) is -1.51. The van der Waals surface area contributed by atoms with Crippen LogP contribution in [-0.2, 0) is 4.79 Å². The summed E-state index contributed by atoms with van der Waals surface area (Å²) in [7, 11) is 0. The summed E-state index contributed by atoms with van der Waals surface area (Å²) in [6.45, 7) is 3.65. The van der Waals surface area contributed by atoms with Crippen molar-refractivity contribution in [1.29, 1.82) is 0 Å². The molecular formula is C7H12FNO. The minimum absolute atomic E-state index is 0.0423. The Kier molecular flexibility index (Phi) is 1.67. The molecule has 1 saturated carbocycles. The number of hydrogen-bond acceptors (Lipinski definition) is 1. The van der Waals surface area contributed by atoms with Crippen molar-refractivity contribution in [1.82, 2.24) is 5.32 Å². The standard InChI is InChI=1S/C7H12FNO/c1-5(2)9-6(10)7(8)3-4-7/h5H,3-4H2,1-2H3,(H,9,10). The molecule has 10 heavy (non-hydrogen) atoms. The van der Waals surface area contributed by atoms with E-state index in [1.165, 1.54) is 0 Å². The Morgan fingerprint density at radius 3 is 2.40 bits per heavy atom. The summed E-state index contributed by atoms with van der Waals surface area (Å²) in [4.78, 5) is 10.9. The third-order valence-corrected chi connectivity index (χ3v) is 1.52. The van der Waals surface area contributed by atoms with Gasteiger partial charge in [-0.2, -0.15) is 0 Å². The van der Waals surface area contributed by atoms with Crippen molar-refractivity contribution in [2.24, 2.45) is 0 Å². The summed E-state index contributed by atoms with van der Waals surface area (Å²) >= 11 is 0. The molecule has 1 fully saturated rings. The molecule has 0 radical (unpaired) electrons. The Morgan fingerprint density at radius 1 is 1.60 bits per heavy atom. The highest BCUT2D eigenvalue weighted by Crippen LogP contribution is 2.39. The molecule has 1 N–H and O–H groups in total. The maximum absolute atomic E-state index is 12.8. The van der Waals surface area contributed by atoms with Gasteiger partial charge in [-0.05, 0) is 26.7 Å². The van der Waals surface area contributed by atoms with Crippen molar-refractivity contribution in [2.75, 3.05) is 0 Å². The lowest BCUT2D eigenvalue weighted by atomic mass is 10.3. The Hall–Kier alpha value is -0.600. The van der Waals surface area contributed by atoms with Gasteiger partial charge < -0.3 is 5.32 Å². The van der Waals surface area contributed by atoms with Crippen LogP contribution >= 0.6 is 0 Å². The van der Waals surface area contributed by atoms with Crippen LogP contribution in [-0.4, -0.2) is 17.6 Å². The van der Waals surface area contributed by atoms with E-state index in [0.29, 0.717) is 12.8 Å². The Bertz CT molecular complexity index is 152. The summed E-state index contributed by atoms with van der Waals surface area (Å²) in [6, 6.07) is 0.0423. The maximum atomic E-state index is 12.8. The van der Waals surface area contributed by atoms with E-state index in [0.717, 1.165) is 0 Å². The van der Waals surface area contributed by atoms with Crippen molar-refractivity contribution < 1.29 is 9.18 Å². The average molecular weight is 145 g/mol. The minimum Gasteiger partial charge on any atom is -0.351 e. The van der Waals surface area contributed by atoms with Crippen LogP contribution in [0.5, 0.6) is 0 Å². The molecule has 2 nitrogen and oxygen atoms in total. The number of rotatable bonds is 2. The Morgan fingerprint density at radius 2 is 2.10 bits per heavy atom. The van der Waals surface area contributed by atoms with Crippen LogP contribution in [0.15, 0.2) is 0 Å². The zero-order chi connectivity index (χ0) is 7.78. The first-order chi connectivity index (χ1) is 4.54. The van der Waals surface area contributed by atoms with Crippen LogP contribution < -0.4 is 5.32 Å². The highest BCUT2D eigenvalue weighted by atomic mass is 19.1. The number of carbonyl (C=O) groups excluding carboxylic acids is 1. The second-order valence-electron chi connectivity index (χ2n) is 3.09. The summed E-state index contributed by atoms with van der Waals surface area (Å²) < 4.78 is 12.8. The highest BCUT2D eigenvalue weighted by molar-refractivity contribution is 5.88. The second-order valence-corrected chi connectivity index (χ2v) is 3.09. The Labute approximate surface area is 59.8 Å². The van der Waals surface area contributed by atoms with Crippen molar-refractivity contribution in [3.8, 4) is 0 Å². The van der Waals surface area contributed by atoms with Gasteiger partial charge in [0, 0.05) is 6.04 Å². The molecule has 3 heteroatoms. The van der Waals surface area contributed by atoms with Gasteiger partial charge in [0.2, 0.25) is 0 Å². The first kappa shape index (κ1) is 7.51. The van der Waals surface area contributed by atoms with Crippen LogP contribution in [0.3, 0.4) is 0 Å². The third-order valence-electron chi connectivity index (χ3n) is 1.52. The fourth-order valence-electron chi connectivity index (χ4n) is 0.728. The summed E-state index contributed by atoms with van der Waals surface area (Å²) in [5, 5.41) is 2.53. The smallest absolute Gasteiger partial charge is 0.257 e. The first-order valence-corrected chi connectivity index (χ1v) is 3.54. The lowest BCUT2D eigenvalue weighted by molar-refractivity contribution is -0.127. The molecule has 0 atom stereocenters. The summed E-state index contributed by atoms with van der Waals surface area (Å²) in [6.07, 6.45) is 0.789. The fraction of sp³-hybridized carbons (Fsp3) is 0.857. The van der Waals surface area contributed by atoms with Crippen molar-refractivity contribution in [2.45, 2.75) is 38.4 Å². The number of nitrogens with one attached hydrogen (secondary N) is 1. The maximum Gasteiger partial charge on any atom is 0.257 e. The van der Waals surface area contributed by atoms with Gasteiger partial charge in [0.1, 0.15) is 0 Å². The molecule has 0 saturated heterocycles. The second kappa shape index (κ2) is 2.22. The zero-order valence-electron chi connectivity index (χ0n) is 6.28. The zero-order valence-corrected chi connectivity index (χ0v) is 6.28. The van der Waals surface area contributed by atoms with Gasteiger partial charge in [0.05, 0.1) is 0 Å². The van der Waals surface area contributed by atoms with Gasteiger partial charge >= 0.3 is 0 Å². The molecule has 0 heterocycles. The van der Waals surface area contributed by atoms with Crippen LogP contribution in [0.25, 0.3) is 0 Å². The monoisotopic (exact) mass is 145 g/mol. The molecule has 1 aliphatic rings. The molecular weight excluding hydrogens is 133 g/mol. The van der Waals surface area contributed by atoms with Gasteiger partial charge in [0.15, 0.2) is 5.67 Å². The van der Waals surface area contributed by atoms with Crippen molar-refractivity contribution in [3.63, 3.8) is 0 Å². The van der Waals surface area contributed by atoms with Crippen molar-refractivity contribution in [3.05, 3.63) is 0 Å². The van der Waals surface area contributed by atoms with E-state index in [2.05, 4.69) is 5.32 Å². The van der Waals surface area contributed by atoms with E-state index in [4.69, 9.17) is 0 Å². The quantitative estimate of drug-likeness (QED) is 0.617. The average Bonchev–Trinajstić information content (AvgIpc) is 2.47. The number of halogens is 1. The number of alkyl halides is 1. The van der Waals surface area contributed by atoms with Crippen LogP contribution in [0.1, 0.15) is 26.7 Å². The van der Waals surface area contributed by atoms with E-state index in [9.17, 15) is 9.18 Å². The van der Waals surface area contributed by atoms with Gasteiger partial charge in [-0.25, -0.2) is 4.39 Å². The molecule has 0 aromatic rings. The molecule has 58 valence electrons. The first-order valence-electron chi connectivity index (χ1n) is 3.54. The van der Waals surface area contributed by atoms with Gasteiger partial charge in [0.25, 0.3) is 5.91 Å². The number of amides is 1. The van der Waals surface area contributed by atoms with Gasteiger partial charge in [-0.1, -0.05) is 0 Å². The molecule has 0 bridgehead atoms. The molecule has 0 spiro atoms. The van der Waals surface area contributed by atoms with E-state index in [1.807, 2.05) is 13.8 Å². The molecule has 0 unspecified atom stereocenters. The molecule has 1 rings (SSSR count). The van der Waals surface area contributed by atoms with E-state index in [1.54, 1.807) is 0 Å². The van der Waals surface area contributed by atoms with Gasteiger partial charge in [-0.3, -0.25) is 4.79 Å². The highest BCUT2D eigenvalue weighted by Gasteiger charge is 2.50. The normalized spacial score (nSPS) is 20.8. The van der Waals surface area contributed by atoms with E-state index in [-0.39, 0.29) is 6.04 Å². The summed E-state index contributed by atoms with van der Waals surface area (Å²) in [5.74, 6) is -0.442. The predicted molar refractivity (Wildman–Crippen MR) is 36.4 cm³/mol. The SMILES string of the molecule is CC(C)NC(=O)C1(F)CC1. The van der Waals surface area contributed by atoms with Crippen LogP contribution in [0, 0.1) is 0 Å². The van der Waals surface area contributed by atoms with E-state index >= 15 is 0 Å². The lowest BCUT2D eigenvalue weighted by Gasteiger charge is -2.09. The van der Waals surface area contributed by atoms with E-state index < -0.39 is 11.6 Å². The number of hydrogen-bond donors (Lipinski definition) is 1. The molecule has 1 amide bonds. The molecule has 1 aliphatic carbocycles. The number of carbonyl (C=O) groups is 1. The van der Waals surface area contributed by atoms with Crippen molar-refractivity contribution >= 4 is 5.91 Å². The Balaban J connectivity index is 2.35. The fourth-order valence-corrected chi connectivity index (χ4v) is 0.728. The predicted octanol–water partition coefficient (Wildman–Crippen LogP) is 1.01. The third kappa shape index (κ3) is 1.46. The molecule has 0 aromatic carbocycles. The topological polar surface area (TPSA) is 29.1 Å². The molecule has 0 aromatic heterocycles. The lowest BCUT2D eigenvalue weighted by Crippen LogP contribution is -2.37. The van der Waals surface area contributed by atoms with Gasteiger partial charge in [-0.15, -0.1) is 0 Å². The molecule has 0 aliphatic heterocycles. The largest absolute Gasteiger partial charge is 0.351 e. The van der Waals surface area contributed by atoms with Crippen LogP contribution in [0.2, 0.25) is 0 Å². The minimum atomic E-state index is -1.51. The van der Waals surface area contributed by atoms with Crippen LogP contribution in [0.4, 0.5) is 4.39 Å².